The van der Waals surface area contributed by atoms with Crippen LogP contribution in [0.2, 0.25) is 0 Å². The Hall–Kier alpha value is -0.691. The molecule has 0 bridgehead atoms. The van der Waals surface area contributed by atoms with Gasteiger partial charge in [-0.25, -0.2) is 0 Å². The van der Waals surface area contributed by atoms with E-state index in [4.69, 9.17) is 0 Å². The van der Waals surface area contributed by atoms with Gasteiger partial charge in [0.1, 0.15) is 0 Å². The quantitative estimate of drug-likeness (QED) is 0.471. The predicted octanol–water partition coefficient (Wildman–Crippen LogP) is 2.77. The van der Waals surface area contributed by atoms with Gasteiger partial charge in [0.2, 0.25) is 0 Å². The maximum atomic E-state index is 2.21. The Labute approximate surface area is 101 Å². The van der Waals surface area contributed by atoms with Crippen LogP contribution in [0.15, 0.2) is 65.6 Å². The third kappa shape index (κ3) is 3.75. The van der Waals surface area contributed by atoms with Gasteiger partial charge in [0, 0.05) is 0 Å². The fourth-order valence-corrected chi connectivity index (χ4v) is 4.70. The van der Waals surface area contributed by atoms with Crippen LogP contribution in [0.5, 0.6) is 0 Å². The van der Waals surface area contributed by atoms with E-state index >= 15 is 0 Å². The van der Waals surface area contributed by atoms with Crippen LogP contribution in [0.25, 0.3) is 0 Å². The van der Waals surface area contributed by atoms with Crippen LogP contribution in [0.1, 0.15) is 0 Å². The average Bonchev–Trinajstić information content (AvgIpc) is 2.32. The summed E-state index contributed by atoms with van der Waals surface area (Å²) in [6, 6.07) is 21.3. The molecular weight excluding hydrogens is 268 g/mol. The molecule has 2 heteroatoms. The van der Waals surface area contributed by atoms with Gasteiger partial charge in [-0.2, -0.15) is 0 Å². The van der Waals surface area contributed by atoms with Crippen LogP contribution in [0.4, 0.5) is 0 Å². The molecule has 0 fully saturated rings. The first-order chi connectivity index (χ1) is 7.45. The van der Waals surface area contributed by atoms with Crippen LogP contribution >= 0.6 is 11.8 Å². The number of hydrogen-bond acceptors (Lipinski definition) is 1. The van der Waals surface area contributed by atoms with Crippen molar-refractivity contribution in [2.45, 2.75) is 4.90 Å². The van der Waals surface area contributed by atoms with Crippen LogP contribution in [0, 0.1) is 0 Å². The number of thioether (sulfide) groups is 1. The molecule has 0 saturated heterocycles. The molecule has 0 aromatic heterocycles. The van der Waals surface area contributed by atoms with Crippen molar-refractivity contribution >= 4 is 31.2 Å². The van der Waals surface area contributed by atoms with Crippen molar-refractivity contribution in [2.75, 3.05) is 4.65 Å². The normalized spacial score (nSPS) is 10.1. The Bertz CT molecular complexity index is 346. The first kappa shape index (κ1) is 10.8. The molecule has 0 aliphatic rings. The molecular formula is C13H12SSe. The Morgan fingerprint density at radius 3 is 2.07 bits per heavy atom. The van der Waals surface area contributed by atoms with Gasteiger partial charge in [-0.15, -0.1) is 0 Å². The molecule has 0 atom stereocenters. The van der Waals surface area contributed by atoms with Crippen molar-refractivity contribution < 1.29 is 0 Å². The van der Waals surface area contributed by atoms with Gasteiger partial charge in [-0.1, -0.05) is 0 Å². The van der Waals surface area contributed by atoms with Crippen LogP contribution in [-0.2, 0) is 0 Å². The summed E-state index contributed by atoms with van der Waals surface area (Å²) in [5.74, 6) is 0. The van der Waals surface area contributed by atoms with Crippen molar-refractivity contribution in [3.63, 3.8) is 0 Å². The van der Waals surface area contributed by atoms with E-state index in [9.17, 15) is 0 Å². The molecule has 0 saturated carbocycles. The van der Waals surface area contributed by atoms with Crippen molar-refractivity contribution in [1.82, 2.24) is 0 Å². The molecule has 2 rings (SSSR count). The molecule has 76 valence electrons. The van der Waals surface area contributed by atoms with E-state index in [0.29, 0.717) is 15.0 Å². The van der Waals surface area contributed by atoms with Gasteiger partial charge in [-0.05, 0) is 0 Å². The van der Waals surface area contributed by atoms with E-state index in [1.165, 1.54) is 14.0 Å². The Balaban J connectivity index is 1.81. The van der Waals surface area contributed by atoms with E-state index in [1.807, 2.05) is 11.8 Å². The summed E-state index contributed by atoms with van der Waals surface area (Å²) in [6.07, 6.45) is 0. The molecule has 0 aliphatic carbocycles. The predicted molar refractivity (Wildman–Crippen MR) is 69.0 cm³/mol. The monoisotopic (exact) mass is 281 g/mol. The molecule has 15 heavy (non-hydrogen) atoms. The Morgan fingerprint density at radius 1 is 0.800 bits per heavy atom. The van der Waals surface area contributed by atoms with E-state index in [1.54, 1.807) is 0 Å². The molecule has 2 aromatic carbocycles. The van der Waals surface area contributed by atoms with E-state index < -0.39 is 0 Å². The molecule has 0 spiro atoms. The summed E-state index contributed by atoms with van der Waals surface area (Å²) in [4.78, 5) is 1.37. The molecule has 0 unspecified atom stereocenters. The first-order valence-corrected chi connectivity index (χ1v) is 7.86. The summed E-state index contributed by atoms with van der Waals surface area (Å²) in [5, 5.41) is 0. The van der Waals surface area contributed by atoms with Crippen molar-refractivity contribution in [3.05, 3.63) is 60.7 Å². The second kappa shape index (κ2) is 6.02. The van der Waals surface area contributed by atoms with Gasteiger partial charge < -0.3 is 0 Å². The fourth-order valence-electron chi connectivity index (χ4n) is 1.20. The summed E-state index contributed by atoms with van der Waals surface area (Å²) < 4.78 is 2.69. The SMILES string of the molecule is c1ccc(S[13CH2][Se]c2ccccc2)cc1. The average molecular weight is 280 g/mol. The van der Waals surface area contributed by atoms with Crippen molar-refractivity contribution in [3.8, 4) is 0 Å². The van der Waals surface area contributed by atoms with Gasteiger partial charge in [0.25, 0.3) is 0 Å². The number of hydrogen-bond donors (Lipinski definition) is 0. The zero-order valence-electron chi connectivity index (χ0n) is 8.30. The van der Waals surface area contributed by atoms with Crippen LogP contribution in [0.3, 0.4) is 0 Å². The van der Waals surface area contributed by atoms with Gasteiger partial charge in [0.15, 0.2) is 0 Å². The zero-order chi connectivity index (χ0) is 10.3. The topological polar surface area (TPSA) is 0 Å². The third-order valence-corrected chi connectivity index (χ3v) is 5.53. The minimum atomic E-state index is 0.585. The van der Waals surface area contributed by atoms with Crippen LogP contribution in [-0.4, -0.2) is 19.6 Å². The number of benzene rings is 2. The van der Waals surface area contributed by atoms with Gasteiger partial charge >= 0.3 is 101 Å². The first-order valence-electron chi connectivity index (χ1n) is 4.81. The van der Waals surface area contributed by atoms with Crippen LogP contribution < -0.4 is 4.46 Å². The molecule has 0 radical (unpaired) electrons. The maximum absolute atomic E-state index is 2.21. The summed E-state index contributed by atoms with van der Waals surface area (Å²) in [7, 11) is 0. The van der Waals surface area contributed by atoms with E-state index in [-0.39, 0.29) is 0 Å². The van der Waals surface area contributed by atoms with Gasteiger partial charge in [-0.3, -0.25) is 0 Å². The second-order valence-electron chi connectivity index (χ2n) is 3.03. The molecule has 0 heterocycles. The summed E-state index contributed by atoms with van der Waals surface area (Å²) >= 11 is 2.53. The molecule has 0 aliphatic heterocycles. The fraction of sp³-hybridized carbons (Fsp3) is 0.0769. The standard InChI is InChI=1S/C13H12SSe/c1-3-7-12(8-4-1)14-11-15-13-9-5-2-6-10-13/h1-10H,11H2/i11+1. The molecule has 0 N–H and O–H groups in total. The van der Waals surface area contributed by atoms with Gasteiger partial charge in [0.05, 0.1) is 0 Å². The minimum absolute atomic E-state index is 0.585. The second-order valence-corrected chi connectivity index (χ2v) is 7.11. The third-order valence-electron chi connectivity index (χ3n) is 1.94. The molecule has 0 nitrogen and oxygen atoms in total. The Morgan fingerprint density at radius 2 is 1.40 bits per heavy atom. The van der Waals surface area contributed by atoms with Crippen molar-refractivity contribution in [1.29, 1.82) is 0 Å². The molecule has 0 amide bonds. The summed E-state index contributed by atoms with van der Waals surface area (Å²) in [5.41, 5.74) is 0. The molecule has 2 aromatic rings. The van der Waals surface area contributed by atoms with Crippen molar-refractivity contribution in [2.24, 2.45) is 0 Å². The zero-order valence-corrected chi connectivity index (χ0v) is 10.8. The Kier molecular flexibility index (Phi) is 4.34. The summed E-state index contributed by atoms with van der Waals surface area (Å²) in [6.45, 7) is 0. The number of rotatable bonds is 4. The van der Waals surface area contributed by atoms with E-state index in [0.717, 1.165) is 0 Å². The van der Waals surface area contributed by atoms with E-state index in [2.05, 4.69) is 60.7 Å².